The highest BCUT2D eigenvalue weighted by molar-refractivity contribution is 5.97. The van der Waals surface area contributed by atoms with Crippen molar-refractivity contribution >= 4 is 18.3 Å². The molecule has 1 aromatic rings. The lowest BCUT2D eigenvalue weighted by Gasteiger charge is -2.11. The van der Waals surface area contributed by atoms with E-state index in [9.17, 15) is 14.4 Å². The van der Waals surface area contributed by atoms with Crippen molar-refractivity contribution in [3.8, 4) is 5.75 Å². The molecule has 0 saturated heterocycles. The zero-order valence-corrected chi connectivity index (χ0v) is 11.5. The summed E-state index contributed by atoms with van der Waals surface area (Å²) in [4.78, 5) is 33.8. The fourth-order valence-electron chi connectivity index (χ4n) is 1.45. The van der Waals surface area contributed by atoms with Gasteiger partial charge in [-0.2, -0.15) is 0 Å². The summed E-state index contributed by atoms with van der Waals surface area (Å²) in [6, 6.07) is 3.06. The van der Waals surface area contributed by atoms with Crippen LogP contribution in [0.3, 0.4) is 0 Å². The molecule has 7 nitrogen and oxygen atoms in total. The van der Waals surface area contributed by atoms with Crippen molar-refractivity contribution in [2.24, 2.45) is 0 Å². The van der Waals surface area contributed by atoms with E-state index >= 15 is 0 Å². The lowest BCUT2D eigenvalue weighted by molar-refractivity contribution is 0.0450. The molecule has 20 heavy (non-hydrogen) atoms. The highest BCUT2D eigenvalue weighted by atomic mass is 16.7. The van der Waals surface area contributed by atoms with E-state index in [1.165, 1.54) is 13.2 Å². The molecule has 0 aliphatic carbocycles. The van der Waals surface area contributed by atoms with E-state index in [-0.39, 0.29) is 11.3 Å². The average molecular weight is 282 g/mol. The SMILES string of the molecule is COC(=O)OC(=O)c1cc(C)cc(OC(=O)OC)c1C. The first-order valence-corrected chi connectivity index (χ1v) is 5.56. The summed E-state index contributed by atoms with van der Waals surface area (Å²) in [7, 11) is 2.25. The van der Waals surface area contributed by atoms with Crippen LogP contribution in [0.15, 0.2) is 12.1 Å². The molecule has 0 bridgehead atoms. The molecule has 0 saturated carbocycles. The molecule has 0 aliphatic heterocycles. The van der Waals surface area contributed by atoms with E-state index in [4.69, 9.17) is 4.74 Å². The third kappa shape index (κ3) is 3.71. The molecule has 0 radical (unpaired) electrons. The molecule has 1 rings (SSSR count). The predicted molar refractivity (Wildman–Crippen MR) is 66.8 cm³/mol. The van der Waals surface area contributed by atoms with E-state index in [1.807, 2.05) is 0 Å². The quantitative estimate of drug-likeness (QED) is 0.467. The first kappa shape index (κ1) is 15.5. The molecule has 0 aliphatic rings. The first-order valence-electron chi connectivity index (χ1n) is 5.56. The topological polar surface area (TPSA) is 88.1 Å². The number of hydrogen-bond donors (Lipinski definition) is 0. The fourth-order valence-corrected chi connectivity index (χ4v) is 1.45. The summed E-state index contributed by atoms with van der Waals surface area (Å²) in [5.74, 6) is -0.749. The van der Waals surface area contributed by atoms with Gasteiger partial charge < -0.3 is 18.9 Å². The van der Waals surface area contributed by atoms with E-state index in [0.717, 1.165) is 7.11 Å². The van der Waals surface area contributed by atoms with Gasteiger partial charge >= 0.3 is 18.3 Å². The minimum Gasteiger partial charge on any atom is -0.437 e. The van der Waals surface area contributed by atoms with Gasteiger partial charge in [0.2, 0.25) is 0 Å². The largest absolute Gasteiger partial charge is 0.516 e. The Labute approximate surface area is 115 Å². The van der Waals surface area contributed by atoms with E-state index in [2.05, 4.69) is 14.2 Å². The number of esters is 1. The summed E-state index contributed by atoms with van der Waals surface area (Å²) in [5, 5.41) is 0. The molecule has 0 N–H and O–H groups in total. The van der Waals surface area contributed by atoms with E-state index < -0.39 is 18.3 Å². The maximum absolute atomic E-state index is 11.8. The number of methoxy groups -OCH3 is 2. The normalized spacial score (nSPS) is 9.60. The van der Waals surface area contributed by atoms with Crippen molar-refractivity contribution in [2.75, 3.05) is 14.2 Å². The maximum Gasteiger partial charge on any atom is 0.516 e. The Morgan fingerprint density at radius 3 is 2.10 bits per heavy atom. The number of rotatable bonds is 2. The number of carbonyl (C=O) groups is 3. The first-order chi connectivity index (χ1) is 9.38. The zero-order valence-electron chi connectivity index (χ0n) is 11.5. The Kier molecular flexibility index (Phi) is 5.08. The second-order valence-electron chi connectivity index (χ2n) is 3.84. The van der Waals surface area contributed by atoms with E-state index in [0.29, 0.717) is 11.1 Å². The monoisotopic (exact) mass is 282 g/mol. The smallest absolute Gasteiger partial charge is 0.437 e. The maximum atomic E-state index is 11.8. The highest BCUT2D eigenvalue weighted by Gasteiger charge is 2.20. The van der Waals surface area contributed by atoms with Gasteiger partial charge in [0.25, 0.3) is 0 Å². The molecule has 0 spiro atoms. The second kappa shape index (κ2) is 6.55. The summed E-state index contributed by atoms with van der Waals surface area (Å²) in [6.07, 6.45) is -2.03. The number of ether oxygens (including phenoxy) is 4. The van der Waals surface area contributed by atoms with Crippen molar-refractivity contribution in [2.45, 2.75) is 13.8 Å². The van der Waals surface area contributed by atoms with Crippen LogP contribution >= 0.6 is 0 Å². The number of hydrogen-bond acceptors (Lipinski definition) is 7. The molecule has 0 heterocycles. The zero-order chi connectivity index (χ0) is 15.3. The Balaban J connectivity index is 3.11. The molecule has 1 aromatic carbocycles. The van der Waals surface area contributed by atoms with Crippen LogP contribution in [0.4, 0.5) is 9.59 Å². The molecule has 0 atom stereocenters. The lowest BCUT2D eigenvalue weighted by atomic mass is 10.0. The molecular weight excluding hydrogens is 268 g/mol. The Morgan fingerprint density at radius 1 is 0.950 bits per heavy atom. The van der Waals surface area contributed by atoms with Crippen LogP contribution < -0.4 is 4.74 Å². The van der Waals surface area contributed by atoms with Crippen molar-refractivity contribution in [1.82, 2.24) is 0 Å². The Morgan fingerprint density at radius 2 is 1.55 bits per heavy atom. The standard InChI is InChI=1S/C13H14O7/c1-7-5-9(11(14)20-13(16)18-4)8(2)10(6-7)19-12(15)17-3/h5-6H,1-4H3. The minimum atomic E-state index is -1.12. The van der Waals surface area contributed by atoms with Gasteiger partial charge in [0.15, 0.2) is 0 Å². The molecular formula is C13H14O7. The van der Waals surface area contributed by atoms with Crippen LogP contribution in [0.1, 0.15) is 21.5 Å². The third-order valence-electron chi connectivity index (χ3n) is 2.43. The summed E-state index contributed by atoms with van der Waals surface area (Å²) < 4.78 is 18.0. The minimum absolute atomic E-state index is 0.0919. The lowest BCUT2D eigenvalue weighted by Crippen LogP contribution is -2.15. The molecule has 7 heteroatoms. The van der Waals surface area contributed by atoms with Gasteiger partial charge in [-0.25, -0.2) is 14.4 Å². The van der Waals surface area contributed by atoms with Crippen LogP contribution in [0.5, 0.6) is 5.75 Å². The van der Waals surface area contributed by atoms with Gasteiger partial charge in [-0.3, -0.25) is 0 Å². The number of carbonyl (C=O) groups excluding carboxylic acids is 3. The van der Waals surface area contributed by atoms with Gasteiger partial charge in [-0.15, -0.1) is 0 Å². The molecule has 0 amide bonds. The van der Waals surface area contributed by atoms with E-state index in [1.54, 1.807) is 19.9 Å². The Bertz CT molecular complexity index is 548. The van der Waals surface area contributed by atoms with Gasteiger partial charge in [0.05, 0.1) is 19.8 Å². The van der Waals surface area contributed by atoms with Gasteiger partial charge in [-0.05, 0) is 31.5 Å². The predicted octanol–water partition coefficient (Wildman–Crippen LogP) is 2.37. The second-order valence-corrected chi connectivity index (χ2v) is 3.84. The number of benzene rings is 1. The highest BCUT2D eigenvalue weighted by Crippen LogP contribution is 2.25. The van der Waals surface area contributed by atoms with Crippen LogP contribution in [0, 0.1) is 13.8 Å². The molecule has 108 valence electrons. The average Bonchev–Trinajstić information content (AvgIpc) is 2.41. The van der Waals surface area contributed by atoms with Crippen LogP contribution in [-0.4, -0.2) is 32.5 Å². The van der Waals surface area contributed by atoms with Crippen LogP contribution in [0.2, 0.25) is 0 Å². The van der Waals surface area contributed by atoms with Crippen molar-refractivity contribution in [3.05, 3.63) is 28.8 Å². The summed E-state index contributed by atoms with van der Waals surface area (Å²) in [6.45, 7) is 3.24. The summed E-state index contributed by atoms with van der Waals surface area (Å²) in [5.41, 5.74) is 1.08. The van der Waals surface area contributed by atoms with Gasteiger partial charge in [0.1, 0.15) is 5.75 Å². The van der Waals surface area contributed by atoms with Crippen molar-refractivity contribution < 1.29 is 33.3 Å². The number of aryl methyl sites for hydroxylation is 1. The molecule has 0 aromatic heterocycles. The van der Waals surface area contributed by atoms with Gasteiger partial charge in [0, 0.05) is 5.56 Å². The van der Waals surface area contributed by atoms with Crippen LogP contribution in [0.25, 0.3) is 0 Å². The summed E-state index contributed by atoms with van der Waals surface area (Å²) >= 11 is 0. The van der Waals surface area contributed by atoms with Gasteiger partial charge in [-0.1, -0.05) is 0 Å². The van der Waals surface area contributed by atoms with Crippen molar-refractivity contribution in [1.29, 1.82) is 0 Å². The van der Waals surface area contributed by atoms with Crippen LogP contribution in [-0.2, 0) is 14.2 Å². The van der Waals surface area contributed by atoms with Crippen molar-refractivity contribution in [3.63, 3.8) is 0 Å². The fraction of sp³-hybridized carbons (Fsp3) is 0.308. The molecule has 0 unspecified atom stereocenters. The third-order valence-corrected chi connectivity index (χ3v) is 2.43. The molecule has 0 fully saturated rings. The Hall–Kier alpha value is -2.57.